The van der Waals surface area contributed by atoms with Crippen LogP contribution in [0.25, 0.3) is 0 Å². The van der Waals surface area contributed by atoms with Crippen molar-refractivity contribution in [1.29, 1.82) is 0 Å². The Labute approximate surface area is 101 Å². The lowest BCUT2D eigenvalue weighted by molar-refractivity contribution is 1.72. The first-order chi connectivity index (χ1) is 4.55. The molecule has 0 saturated carbocycles. The molecule has 0 heterocycles. The summed E-state index contributed by atoms with van der Waals surface area (Å²) in [5, 5.41) is 0. The molecule has 0 aliphatic heterocycles. The molecule has 0 N–H and O–H groups in total. The van der Waals surface area contributed by atoms with E-state index in [1.165, 1.54) is 0 Å². The van der Waals surface area contributed by atoms with E-state index in [9.17, 15) is 0 Å². The molecule has 0 nitrogen and oxygen atoms in total. The normalized spacial score (nSPS) is 10.5. The van der Waals surface area contributed by atoms with E-state index in [2.05, 4.69) is 79.6 Å². The molecule has 0 fully saturated rings. The highest BCUT2D eigenvalue weighted by Gasteiger charge is 2.02. The molecule has 0 saturated heterocycles. The van der Waals surface area contributed by atoms with Crippen LogP contribution in [0.3, 0.4) is 0 Å². The van der Waals surface area contributed by atoms with Crippen molar-refractivity contribution in [1.82, 2.24) is 0 Å². The van der Waals surface area contributed by atoms with E-state index in [4.69, 9.17) is 0 Å². The average Bonchev–Trinajstić information content (AvgIpc) is 2.07. The van der Waals surface area contributed by atoms with Crippen LogP contribution in [0, 0.1) is 0 Å². The maximum absolute atomic E-state index is 3.40. The first kappa shape index (κ1) is 9.84. The minimum atomic E-state index is 1.02. The lowest BCUT2D eigenvalue weighted by atomic mass is 10.7. The van der Waals surface area contributed by atoms with Crippen LogP contribution in [0.5, 0.6) is 0 Å². The van der Waals surface area contributed by atoms with E-state index in [1.807, 2.05) is 0 Å². The van der Waals surface area contributed by atoms with Crippen LogP contribution in [-0.4, -0.2) is 0 Å². The summed E-state index contributed by atoms with van der Waals surface area (Å²) in [4.78, 5) is 0. The summed E-state index contributed by atoms with van der Waals surface area (Å²) in [6.45, 7) is 0. The minimum absolute atomic E-state index is 1.02. The van der Waals surface area contributed by atoms with Gasteiger partial charge in [-0.05, 0) is 0 Å². The second kappa shape index (κ2) is 3.64. The molecule has 1 aromatic carbocycles. The van der Waals surface area contributed by atoms with Crippen molar-refractivity contribution < 1.29 is 0 Å². The lowest BCUT2D eigenvalue weighted by Gasteiger charge is -1.96. The smallest absolute Gasteiger partial charge is 0.0636 e. The maximum Gasteiger partial charge on any atom is -0.0636 e. The van der Waals surface area contributed by atoms with Crippen LogP contribution in [0.1, 0.15) is 0 Å². The molecule has 0 radical (unpaired) electrons. The fourth-order valence-corrected chi connectivity index (χ4v) is 3.79. The Bertz CT molecular complexity index is 181. The average molecular weight is 460 g/mol. The second-order valence-corrected chi connectivity index (χ2v) is 5.53. The lowest BCUT2D eigenvalue weighted by Crippen LogP contribution is -1.54. The minimum Gasteiger partial charge on any atom is -0.146 e. The van der Waals surface area contributed by atoms with Crippen LogP contribution in [0.4, 0.5) is 0 Å². The number of halogens is 5. The van der Waals surface area contributed by atoms with Gasteiger partial charge in [-0.1, -0.05) is 45.3 Å². The van der Waals surface area contributed by atoms with Gasteiger partial charge in [-0.3, -0.25) is 0 Å². The van der Waals surface area contributed by atoms with Crippen molar-refractivity contribution in [2.45, 2.75) is 0 Å². The van der Waals surface area contributed by atoms with Crippen LogP contribution in [-0.2, 0) is 0 Å². The van der Waals surface area contributed by atoms with Gasteiger partial charge in [-0.2, -0.15) is 0 Å². The van der Waals surface area contributed by atoms with Crippen LogP contribution >= 0.6 is 79.6 Å². The summed E-state index contributed by atoms with van der Waals surface area (Å²) in [6.07, 6.45) is 0. The van der Waals surface area contributed by atoms with Gasteiger partial charge in [0.2, 0.25) is 0 Å². The van der Waals surface area contributed by atoms with Gasteiger partial charge < -0.3 is 0 Å². The third kappa shape index (κ3) is 1.58. The third-order valence-corrected chi connectivity index (χ3v) is 7.59. The number of hydrogen-bond acceptors (Lipinski definition) is 0. The first-order valence-electron chi connectivity index (χ1n) is 2.19. The van der Waals surface area contributed by atoms with Crippen molar-refractivity contribution in [2.24, 2.45) is 0 Å². The molecular weight excluding hydrogens is 460 g/mol. The van der Waals surface area contributed by atoms with Crippen molar-refractivity contribution in [3.63, 3.8) is 0 Å². The molecule has 0 bridgehead atoms. The molecule has 0 amide bonds. The van der Waals surface area contributed by atoms with Crippen molar-refractivity contribution >= 4 is 79.6 Å². The zero-order valence-electron chi connectivity index (χ0n) is 4.39. The van der Waals surface area contributed by atoms with Gasteiger partial charge in [0.25, 0.3) is 0 Å². The highest BCUT2D eigenvalue weighted by molar-refractivity contribution is 9.16. The SMILES string of the molecule is Brc1c(Br)c(Br)[c-](Br)c1Br. The van der Waals surface area contributed by atoms with Crippen molar-refractivity contribution in [3.05, 3.63) is 22.4 Å². The van der Waals surface area contributed by atoms with Gasteiger partial charge in [0, 0.05) is 0 Å². The Morgan fingerprint density at radius 3 is 1.20 bits per heavy atom. The molecule has 5 heteroatoms. The van der Waals surface area contributed by atoms with E-state index in [0.717, 1.165) is 22.4 Å². The first-order valence-corrected chi connectivity index (χ1v) is 6.16. The predicted octanol–water partition coefficient (Wildman–Crippen LogP) is 5.22. The van der Waals surface area contributed by atoms with Crippen LogP contribution < -0.4 is 0 Å². The summed E-state index contributed by atoms with van der Waals surface area (Å²) in [6, 6.07) is 0. The maximum atomic E-state index is 3.40. The summed E-state index contributed by atoms with van der Waals surface area (Å²) in [5.74, 6) is 0. The highest BCUT2D eigenvalue weighted by atomic mass is 79.9. The predicted molar refractivity (Wildman–Crippen MR) is 60.5 cm³/mol. The molecule has 0 aliphatic carbocycles. The summed E-state index contributed by atoms with van der Waals surface area (Å²) in [5.41, 5.74) is 0. The van der Waals surface area contributed by atoms with Crippen LogP contribution in [0.15, 0.2) is 22.4 Å². The molecular formula is C5Br5-. The largest absolute Gasteiger partial charge is 0.146 e. The molecule has 1 aromatic rings. The number of rotatable bonds is 0. The zero-order chi connectivity index (χ0) is 7.89. The van der Waals surface area contributed by atoms with Crippen LogP contribution in [0.2, 0.25) is 0 Å². The molecule has 56 valence electrons. The summed E-state index contributed by atoms with van der Waals surface area (Å²) in [7, 11) is 0. The van der Waals surface area contributed by atoms with Crippen molar-refractivity contribution in [3.8, 4) is 0 Å². The van der Waals surface area contributed by atoms with E-state index < -0.39 is 0 Å². The standard InChI is InChI=1S/C5Br5/c6-1-2(7)4(9)5(10)3(1)8/q-1. The van der Waals surface area contributed by atoms with Gasteiger partial charge in [0.15, 0.2) is 0 Å². The molecule has 1 rings (SSSR count). The Morgan fingerprint density at radius 2 is 1.10 bits per heavy atom. The fraction of sp³-hybridized carbons (Fsp3) is 0. The Kier molecular flexibility index (Phi) is 3.58. The van der Waals surface area contributed by atoms with Gasteiger partial charge in [0.1, 0.15) is 0 Å². The van der Waals surface area contributed by atoms with Gasteiger partial charge in [-0.15, -0.1) is 56.7 Å². The fourth-order valence-electron chi connectivity index (χ4n) is 0.482. The van der Waals surface area contributed by atoms with Crippen molar-refractivity contribution in [2.75, 3.05) is 0 Å². The Hall–Kier alpha value is 1.75. The van der Waals surface area contributed by atoms with E-state index >= 15 is 0 Å². The third-order valence-electron chi connectivity index (χ3n) is 0.964. The zero-order valence-corrected chi connectivity index (χ0v) is 12.3. The molecule has 0 aliphatic rings. The molecule has 0 aromatic heterocycles. The van der Waals surface area contributed by atoms with E-state index in [0.29, 0.717) is 0 Å². The van der Waals surface area contributed by atoms with E-state index in [-0.39, 0.29) is 0 Å². The molecule has 10 heavy (non-hydrogen) atoms. The topological polar surface area (TPSA) is 0 Å². The Balaban J connectivity index is 3.44. The second-order valence-electron chi connectivity index (χ2n) is 1.57. The van der Waals surface area contributed by atoms with Gasteiger partial charge in [0.05, 0.1) is 0 Å². The number of hydrogen-bond donors (Lipinski definition) is 0. The summed E-state index contributed by atoms with van der Waals surface area (Å²) >= 11 is 17.0. The molecule has 0 atom stereocenters. The van der Waals surface area contributed by atoms with Gasteiger partial charge >= 0.3 is 0 Å². The van der Waals surface area contributed by atoms with E-state index in [1.54, 1.807) is 0 Å². The quantitative estimate of drug-likeness (QED) is 0.467. The molecule has 0 spiro atoms. The van der Waals surface area contributed by atoms with Gasteiger partial charge in [-0.25, -0.2) is 0 Å². The molecule has 0 unspecified atom stereocenters. The Morgan fingerprint density at radius 1 is 0.800 bits per heavy atom. The summed E-state index contributed by atoms with van der Waals surface area (Å²) < 4.78 is 5.10. The monoisotopic (exact) mass is 455 g/mol. The highest BCUT2D eigenvalue weighted by Crippen LogP contribution is 2.46.